The van der Waals surface area contributed by atoms with E-state index < -0.39 is 11.7 Å². The number of fused-ring (bicyclic) bond motifs is 2. The van der Waals surface area contributed by atoms with Crippen LogP contribution in [0.25, 0.3) is 22.2 Å². The molecule has 5 nitrogen and oxygen atoms in total. The standard InChI is InChI=1S/C25H27FN4O/c1-14(15-5-3-2-4-6-15)18-9-17-8-7-16(10-21(17)28-12-18)19-11-20(26)22(25(27)31)24-23(19)29-13-30-24/h7-8,10-15,18H,2-6,9H2,1H3,(H2,27,31)(H,29,30). The number of carbonyl (C=O) groups is 1. The number of aliphatic imine (C=N–C) groups is 1. The summed E-state index contributed by atoms with van der Waals surface area (Å²) in [5.74, 6) is 0.432. The highest BCUT2D eigenvalue weighted by Crippen LogP contribution is 2.39. The molecule has 2 aromatic carbocycles. The second kappa shape index (κ2) is 7.91. The molecule has 2 aliphatic rings. The number of halogens is 1. The van der Waals surface area contributed by atoms with E-state index in [0.29, 0.717) is 28.4 Å². The van der Waals surface area contributed by atoms with Gasteiger partial charge in [0.2, 0.25) is 0 Å². The fourth-order valence-electron chi connectivity index (χ4n) is 5.37. The molecule has 2 atom stereocenters. The third-order valence-corrected chi connectivity index (χ3v) is 7.23. The van der Waals surface area contributed by atoms with Crippen LogP contribution in [-0.2, 0) is 6.42 Å². The Hall–Kier alpha value is -3.02. The highest BCUT2D eigenvalue weighted by Gasteiger charge is 2.28. The molecule has 6 heteroatoms. The minimum atomic E-state index is -0.813. The minimum absolute atomic E-state index is 0.160. The van der Waals surface area contributed by atoms with Gasteiger partial charge in [-0.1, -0.05) is 51.2 Å². The summed E-state index contributed by atoms with van der Waals surface area (Å²) < 4.78 is 14.7. The quantitative estimate of drug-likeness (QED) is 0.581. The lowest BCUT2D eigenvalue weighted by atomic mass is 9.73. The molecule has 0 radical (unpaired) electrons. The lowest BCUT2D eigenvalue weighted by molar-refractivity contribution is 0.0998. The Morgan fingerprint density at radius 1 is 1.23 bits per heavy atom. The van der Waals surface area contributed by atoms with Crippen molar-refractivity contribution in [3.63, 3.8) is 0 Å². The van der Waals surface area contributed by atoms with Gasteiger partial charge in [-0.15, -0.1) is 0 Å². The lowest BCUT2D eigenvalue weighted by Gasteiger charge is -2.33. The van der Waals surface area contributed by atoms with E-state index >= 15 is 0 Å². The molecule has 1 amide bonds. The number of aromatic amines is 1. The van der Waals surface area contributed by atoms with Gasteiger partial charge in [0.15, 0.2) is 0 Å². The maximum atomic E-state index is 14.7. The molecule has 3 N–H and O–H groups in total. The van der Waals surface area contributed by atoms with E-state index in [1.807, 2.05) is 12.1 Å². The van der Waals surface area contributed by atoms with E-state index in [1.54, 1.807) is 0 Å². The van der Waals surface area contributed by atoms with E-state index in [0.717, 1.165) is 23.6 Å². The molecule has 2 unspecified atom stereocenters. The number of benzene rings is 2. The van der Waals surface area contributed by atoms with Crippen molar-refractivity contribution in [2.45, 2.75) is 45.4 Å². The molecule has 0 saturated heterocycles. The van der Waals surface area contributed by atoms with Crippen molar-refractivity contribution >= 4 is 28.8 Å². The Morgan fingerprint density at radius 3 is 2.81 bits per heavy atom. The predicted octanol–water partition coefficient (Wildman–Crippen LogP) is 5.56. The maximum absolute atomic E-state index is 14.7. The molecular weight excluding hydrogens is 391 g/mol. The van der Waals surface area contributed by atoms with Crippen LogP contribution in [0.2, 0.25) is 0 Å². The zero-order valence-electron chi connectivity index (χ0n) is 17.7. The number of nitrogens with two attached hydrogens (primary N) is 1. The average molecular weight is 419 g/mol. The molecule has 1 aliphatic heterocycles. The van der Waals surface area contributed by atoms with E-state index in [2.05, 4.69) is 29.2 Å². The molecule has 0 bridgehead atoms. The molecule has 31 heavy (non-hydrogen) atoms. The van der Waals surface area contributed by atoms with Crippen LogP contribution in [0.4, 0.5) is 10.1 Å². The fourth-order valence-corrected chi connectivity index (χ4v) is 5.37. The van der Waals surface area contributed by atoms with Gasteiger partial charge in [0.25, 0.3) is 5.91 Å². The van der Waals surface area contributed by atoms with Gasteiger partial charge in [-0.25, -0.2) is 9.37 Å². The van der Waals surface area contributed by atoms with E-state index in [-0.39, 0.29) is 5.56 Å². The number of nitrogens with zero attached hydrogens (tertiary/aromatic N) is 2. The Balaban J connectivity index is 1.47. The normalized spacial score (nSPS) is 20.0. The number of aromatic nitrogens is 2. The number of H-pyrrole nitrogens is 1. The molecule has 160 valence electrons. The Labute approximate surface area is 181 Å². The smallest absolute Gasteiger partial charge is 0.253 e. The molecule has 1 saturated carbocycles. The molecule has 0 spiro atoms. The van der Waals surface area contributed by atoms with Gasteiger partial charge in [0.05, 0.1) is 23.0 Å². The number of amides is 1. The zero-order chi connectivity index (χ0) is 21.5. The first kappa shape index (κ1) is 19.9. The predicted molar refractivity (Wildman–Crippen MR) is 121 cm³/mol. The number of primary amides is 1. The van der Waals surface area contributed by atoms with Crippen LogP contribution >= 0.6 is 0 Å². The third kappa shape index (κ3) is 3.54. The number of hydrogen-bond donors (Lipinski definition) is 2. The monoisotopic (exact) mass is 418 g/mol. The van der Waals surface area contributed by atoms with Crippen LogP contribution in [0.15, 0.2) is 35.6 Å². The van der Waals surface area contributed by atoms with E-state index in [1.165, 1.54) is 50.1 Å². The van der Waals surface area contributed by atoms with Crippen LogP contribution in [0.5, 0.6) is 0 Å². The van der Waals surface area contributed by atoms with Crippen molar-refractivity contribution in [2.75, 3.05) is 0 Å². The van der Waals surface area contributed by atoms with Gasteiger partial charge >= 0.3 is 0 Å². The Kier molecular flexibility index (Phi) is 5.08. The van der Waals surface area contributed by atoms with E-state index in [4.69, 9.17) is 10.7 Å². The Bertz CT molecular complexity index is 1180. The molecule has 2 heterocycles. The SMILES string of the molecule is CC(C1C=Nc2cc(-c3cc(F)c(C(N)=O)c4[nH]cnc34)ccc2C1)C1CCCCC1. The summed E-state index contributed by atoms with van der Waals surface area (Å²) in [5.41, 5.74) is 9.65. The van der Waals surface area contributed by atoms with Crippen LogP contribution in [-0.4, -0.2) is 22.1 Å². The first-order valence-electron chi connectivity index (χ1n) is 11.2. The first-order chi connectivity index (χ1) is 15.0. The van der Waals surface area contributed by atoms with Gasteiger partial charge in [0.1, 0.15) is 11.4 Å². The zero-order valence-corrected chi connectivity index (χ0v) is 17.7. The number of hydrogen-bond acceptors (Lipinski definition) is 3. The largest absolute Gasteiger partial charge is 0.365 e. The molecular formula is C25H27FN4O. The number of carbonyl (C=O) groups excluding carboxylic acids is 1. The summed E-state index contributed by atoms with van der Waals surface area (Å²) in [5, 5.41) is 0. The number of nitrogens with one attached hydrogen (secondary N) is 1. The minimum Gasteiger partial charge on any atom is -0.365 e. The summed E-state index contributed by atoms with van der Waals surface area (Å²) in [6, 6.07) is 7.42. The summed E-state index contributed by atoms with van der Waals surface area (Å²) in [4.78, 5) is 23.6. The van der Waals surface area contributed by atoms with Crippen molar-refractivity contribution < 1.29 is 9.18 Å². The maximum Gasteiger partial charge on any atom is 0.253 e. The van der Waals surface area contributed by atoms with Gasteiger partial charge in [-0.3, -0.25) is 9.79 Å². The first-order valence-corrected chi connectivity index (χ1v) is 11.2. The van der Waals surface area contributed by atoms with Crippen molar-refractivity contribution in [1.82, 2.24) is 9.97 Å². The average Bonchev–Trinajstić information content (AvgIpc) is 3.27. The van der Waals surface area contributed by atoms with Crippen molar-refractivity contribution in [3.05, 3.63) is 47.5 Å². The van der Waals surface area contributed by atoms with Crippen molar-refractivity contribution in [1.29, 1.82) is 0 Å². The van der Waals surface area contributed by atoms with Gasteiger partial charge in [0, 0.05) is 17.7 Å². The van der Waals surface area contributed by atoms with Crippen LogP contribution in [0, 0.1) is 23.6 Å². The molecule has 3 aromatic rings. The third-order valence-electron chi connectivity index (χ3n) is 7.23. The molecule has 5 rings (SSSR count). The van der Waals surface area contributed by atoms with Crippen molar-refractivity contribution in [2.24, 2.45) is 28.5 Å². The summed E-state index contributed by atoms with van der Waals surface area (Å²) in [6.45, 7) is 2.38. The molecule has 1 aromatic heterocycles. The number of rotatable bonds is 4. The van der Waals surface area contributed by atoms with Crippen molar-refractivity contribution in [3.8, 4) is 11.1 Å². The van der Waals surface area contributed by atoms with Gasteiger partial charge < -0.3 is 10.7 Å². The number of imidazole rings is 1. The topological polar surface area (TPSA) is 84.1 Å². The summed E-state index contributed by atoms with van der Waals surface area (Å²) in [6.07, 6.45) is 11.3. The summed E-state index contributed by atoms with van der Waals surface area (Å²) in [7, 11) is 0. The highest BCUT2D eigenvalue weighted by molar-refractivity contribution is 6.08. The van der Waals surface area contributed by atoms with Crippen LogP contribution in [0.3, 0.4) is 0 Å². The van der Waals surface area contributed by atoms with Gasteiger partial charge in [-0.2, -0.15) is 0 Å². The highest BCUT2D eigenvalue weighted by atomic mass is 19.1. The van der Waals surface area contributed by atoms with E-state index in [9.17, 15) is 9.18 Å². The fraction of sp³-hybridized carbons (Fsp3) is 0.400. The molecule has 1 aliphatic carbocycles. The molecule has 1 fully saturated rings. The lowest BCUT2D eigenvalue weighted by Crippen LogP contribution is -2.26. The summed E-state index contributed by atoms with van der Waals surface area (Å²) >= 11 is 0. The van der Waals surface area contributed by atoms with Crippen LogP contribution in [0.1, 0.15) is 54.9 Å². The second-order valence-corrected chi connectivity index (χ2v) is 9.02. The van der Waals surface area contributed by atoms with Crippen LogP contribution < -0.4 is 5.73 Å². The Morgan fingerprint density at radius 2 is 2.03 bits per heavy atom. The van der Waals surface area contributed by atoms with Gasteiger partial charge in [-0.05, 0) is 41.5 Å². The second-order valence-electron chi connectivity index (χ2n) is 9.02.